The summed E-state index contributed by atoms with van der Waals surface area (Å²) in [6, 6.07) is 9.05. The summed E-state index contributed by atoms with van der Waals surface area (Å²) in [7, 11) is 2.96. The van der Waals surface area contributed by atoms with Gasteiger partial charge in [0.25, 0.3) is 5.56 Å². The second-order valence-electron chi connectivity index (χ2n) is 5.79. The van der Waals surface area contributed by atoms with Crippen LogP contribution >= 0.6 is 0 Å². The summed E-state index contributed by atoms with van der Waals surface area (Å²) in [6.07, 6.45) is 3.84. The second-order valence-corrected chi connectivity index (χ2v) is 5.79. The molecule has 8 heteroatoms. The van der Waals surface area contributed by atoms with Crippen LogP contribution < -0.4 is 20.3 Å². The molecule has 0 aliphatic carbocycles. The number of hydrogen-bond acceptors (Lipinski definition) is 6. The van der Waals surface area contributed by atoms with Crippen LogP contribution in [-0.2, 0) is 17.8 Å². The lowest BCUT2D eigenvalue weighted by molar-refractivity contribution is -0.121. The van der Waals surface area contributed by atoms with E-state index in [1.165, 1.54) is 20.4 Å². The van der Waals surface area contributed by atoms with E-state index >= 15 is 0 Å². The number of hydrogen-bond donors (Lipinski definition) is 1. The molecule has 1 aromatic carbocycles. The van der Waals surface area contributed by atoms with E-state index in [9.17, 15) is 9.59 Å². The number of nitrogens with zero attached hydrogens (tertiary/aromatic N) is 3. The van der Waals surface area contributed by atoms with E-state index in [1.807, 2.05) is 18.2 Å². The minimum Gasteiger partial charge on any atom is -0.493 e. The zero-order chi connectivity index (χ0) is 19.2. The van der Waals surface area contributed by atoms with Crippen LogP contribution in [0.1, 0.15) is 5.69 Å². The Morgan fingerprint density at radius 2 is 2.04 bits per heavy atom. The Balaban J connectivity index is 1.75. The largest absolute Gasteiger partial charge is 0.493 e. The smallest absolute Gasteiger partial charge is 0.279 e. The Morgan fingerprint density at radius 3 is 2.74 bits per heavy atom. The highest BCUT2D eigenvalue weighted by atomic mass is 16.5. The number of carbonyl (C=O) groups is 1. The molecule has 0 radical (unpaired) electrons. The van der Waals surface area contributed by atoms with Gasteiger partial charge < -0.3 is 14.8 Å². The number of aromatic nitrogens is 3. The van der Waals surface area contributed by atoms with Crippen molar-refractivity contribution >= 4 is 16.7 Å². The first-order chi connectivity index (χ1) is 13.1. The Morgan fingerprint density at radius 1 is 1.19 bits per heavy atom. The molecule has 1 N–H and O–H groups in total. The van der Waals surface area contributed by atoms with Crippen molar-refractivity contribution in [2.75, 3.05) is 20.8 Å². The molecule has 2 heterocycles. The average Bonchev–Trinajstić information content (AvgIpc) is 2.70. The zero-order valence-corrected chi connectivity index (χ0v) is 15.1. The SMILES string of the molecule is COc1ccc2cnn(CC(=O)NCCc3ccccn3)c(=O)c2c1OC. The fourth-order valence-corrected chi connectivity index (χ4v) is 2.76. The fourth-order valence-electron chi connectivity index (χ4n) is 2.76. The number of pyridine rings is 1. The molecule has 3 aromatic rings. The van der Waals surface area contributed by atoms with Gasteiger partial charge in [-0.25, -0.2) is 4.68 Å². The molecule has 0 bridgehead atoms. The van der Waals surface area contributed by atoms with Crippen molar-refractivity contribution < 1.29 is 14.3 Å². The van der Waals surface area contributed by atoms with Gasteiger partial charge in [0, 0.05) is 30.2 Å². The molecule has 140 valence electrons. The maximum absolute atomic E-state index is 12.8. The number of nitrogens with one attached hydrogen (secondary N) is 1. The van der Waals surface area contributed by atoms with Gasteiger partial charge in [-0.1, -0.05) is 6.07 Å². The predicted molar refractivity (Wildman–Crippen MR) is 100 cm³/mol. The van der Waals surface area contributed by atoms with Gasteiger partial charge in [-0.05, 0) is 24.3 Å². The summed E-state index contributed by atoms with van der Waals surface area (Å²) >= 11 is 0. The summed E-state index contributed by atoms with van der Waals surface area (Å²) in [6.45, 7) is 0.243. The lowest BCUT2D eigenvalue weighted by Gasteiger charge is -2.12. The third-order valence-electron chi connectivity index (χ3n) is 4.09. The van der Waals surface area contributed by atoms with Crippen LogP contribution in [0.15, 0.2) is 47.5 Å². The normalized spacial score (nSPS) is 10.6. The van der Waals surface area contributed by atoms with E-state index in [0.29, 0.717) is 35.2 Å². The topological polar surface area (TPSA) is 95.3 Å². The first-order valence-corrected chi connectivity index (χ1v) is 8.41. The van der Waals surface area contributed by atoms with E-state index < -0.39 is 5.56 Å². The number of fused-ring (bicyclic) bond motifs is 1. The van der Waals surface area contributed by atoms with Crippen molar-refractivity contribution in [3.63, 3.8) is 0 Å². The van der Waals surface area contributed by atoms with Gasteiger partial charge >= 0.3 is 0 Å². The lowest BCUT2D eigenvalue weighted by Crippen LogP contribution is -2.34. The summed E-state index contributed by atoms with van der Waals surface area (Å²) in [4.78, 5) is 29.2. The van der Waals surface area contributed by atoms with Crippen LogP contribution in [-0.4, -0.2) is 41.4 Å². The molecule has 3 rings (SSSR count). The van der Waals surface area contributed by atoms with Crippen molar-refractivity contribution in [1.29, 1.82) is 0 Å². The summed E-state index contributed by atoms with van der Waals surface area (Å²) in [5, 5.41) is 7.79. The van der Waals surface area contributed by atoms with Crippen molar-refractivity contribution in [2.24, 2.45) is 0 Å². The number of methoxy groups -OCH3 is 2. The van der Waals surface area contributed by atoms with Crippen LogP contribution in [0.3, 0.4) is 0 Å². The molecule has 0 saturated carbocycles. The monoisotopic (exact) mass is 368 g/mol. The third kappa shape index (κ3) is 4.05. The van der Waals surface area contributed by atoms with Crippen LogP contribution in [0, 0.1) is 0 Å². The van der Waals surface area contributed by atoms with Crippen LogP contribution in [0.25, 0.3) is 10.8 Å². The van der Waals surface area contributed by atoms with E-state index in [-0.39, 0.29) is 12.5 Å². The zero-order valence-electron chi connectivity index (χ0n) is 15.1. The molecule has 27 heavy (non-hydrogen) atoms. The fraction of sp³-hybridized carbons (Fsp3) is 0.263. The van der Waals surface area contributed by atoms with Crippen molar-refractivity contribution in [3.05, 3.63) is 58.8 Å². The van der Waals surface area contributed by atoms with Gasteiger partial charge in [0.2, 0.25) is 5.91 Å². The van der Waals surface area contributed by atoms with Crippen molar-refractivity contribution in [1.82, 2.24) is 20.1 Å². The maximum atomic E-state index is 12.8. The number of amides is 1. The van der Waals surface area contributed by atoms with Gasteiger partial charge in [-0.2, -0.15) is 5.10 Å². The minimum atomic E-state index is -0.414. The average molecular weight is 368 g/mol. The van der Waals surface area contributed by atoms with Gasteiger partial charge in [-0.15, -0.1) is 0 Å². The van der Waals surface area contributed by atoms with E-state index in [2.05, 4.69) is 15.4 Å². The second kappa shape index (κ2) is 8.31. The summed E-state index contributed by atoms with van der Waals surface area (Å²) in [5.41, 5.74) is 0.471. The van der Waals surface area contributed by atoms with E-state index in [1.54, 1.807) is 18.3 Å². The van der Waals surface area contributed by atoms with Crippen molar-refractivity contribution in [2.45, 2.75) is 13.0 Å². The molecule has 8 nitrogen and oxygen atoms in total. The Bertz CT molecular complexity index is 1000. The van der Waals surface area contributed by atoms with Crippen LogP contribution in [0.4, 0.5) is 0 Å². The first-order valence-electron chi connectivity index (χ1n) is 8.41. The van der Waals surface area contributed by atoms with Gasteiger partial charge in [0.1, 0.15) is 6.54 Å². The molecule has 0 aliphatic rings. The molecule has 0 spiro atoms. The van der Waals surface area contributed by atoms with E-state index in [4.69, 9.17) is 9.47 Å². The predicted octanol–water partition coefficient (Wildman–Crippen LogP) is 1.17. The van der Waals surface area contributed by atoms with Gasteiger partial charge in [-0.3, -0.25) is 14.6 Å². The first kappa shape index (κ1) is 18.4. The molecular weight excluding hydrogens is 348 g/mol. The number of benzene rings is 1. The van der Waals surface area contributed by atoms with E-state index in [0.717, 1.165) is 10.4 Å². The van der Waals surface area contributed by atoms with Crippen LogP contribution in [0.2, 0.25) is 0 Å². The molecule has 1 amide bonds. The lowest BCUT2D eigenvalue weighted by atomic mass is 10.1. The molecule has 0 fully saturated rings. The molecule has 0 unspecified atom stereocenters. The highest BCUT2D eigenvalue weighted by Crippen LogP contribution is 2.32. The maximum Gasteiger partial charge on any atom is 0.279 e. The quantitative estimate of drug-likeness (QED) is 0.673. The van der Waals surface area contributed by atoms with Gasteiger partial charge in [0.05, 0.1) is 25.8 Å². The highest BCUT2D eigenvalue weighted by molar-refractivity contribution is 5.89. The molecule has 0 saturated heterocycles. The molecule has 0 atom stereocenters. The molecular formula is C19H20N4O4. The molecule has 2 aromatic heterocycles. The minimum absolute atomic E-state index is 0.183. The Kier molecular flexibility index (Phi) is 5.65. The third-order valence-corrected chi connectivity index (χ3v) is 4.09. The number of rotatable bonds is 7. The summed E-state index contributed by atoms with van der Waals surface area (Å²) < 4.78 is 11.7. The molecule has 0 aliphatic heterocycles. The van der Waals surface area contributed by atoms with Crippen molar-refractivity contribution in [3.8, 4) is 11.5 Å². The standard InChI is InChI=1S/C19H20N4O4/c1-26-15-7-6-13-11-22-23(19(25)17(13)18(15)27-2)12-16(24)21-10-8-14-5-3-4-9-20-14/h3-7,9,11H,8,10,12H2,1-2H3,(H,21,24). The van der Waals surface area contributed by atoms with Crippen LogP contribution in [0.5, 0.6) is 11.5 Å². The highest BCUT2D eigenvalue weighted by Gasteiger charge is 2.15. The number of carbonyl (C=O) groups excluding carboxylic acids is 1. The summed E-state index contributed by atoms with van der Waals surface area (Å²) in [5.74, 6) is 0.466. The number of ether oxygens (including phenoxy) is 2. The Labute approximate surface area is 155 Å². The Hall–Kier alpha value is -3.42. The van der Waals surface area contributed by atoms with Gasteiger partial charge in [0.15, 0.2) is 11.5 Å².